The van der Waals surface area contributed by atoms with Crippen molar-refractivity contribution < 1.29 is 9.90 Å². The second-order valence-corrected chi connectivity index (χ2v) is 7.56. The van der Waals surface area contributed by atoms with Crippen molar-refractivity contribution in [1.29, 1.82) is 0 Å². The highest BCUT2D eigenvalue weighted by Gasteiger charge is 2.29. The number of rotatable bonds is 3. The Balaban J connectivity index is 1.38. The van der Waals surface area contributed by atoms with Crippen molar-refractivity contribution in [3.05, 3.63) is 54.1 Å². The third kappa shape index (κ3) is 3.78. The number of fused-ring (bicyclic) bond motifs is 1. The number of hydrogen-bond acceptors (Lipinski definition) is 4. The Morgan fingerprint density at radius 2 is 1.74 bits per heavy atom. The molecule has 2 heterocycles. The maximum atomic E-state index is 13.1. The number of carbonyl (C=O) groups excluding carboxylic acids is 1. The van der Waals surface area contributed by atoms with E-state index in [0.717, 1.165) is 50.4 Å². The van der Waals surface area contributed by atoms with Crippen LogP contribution < -0.4 is 9.80 Å². The van der Waals surface area contributed by atoms with E-state index in [1.807, 2.05) is 23.1 Å². The van der Waals surface area contributed by atoms with E-state index in [0.29, 0.717) is 12.3 Å². The van der Waals surface area contributed by atoms with Crippen molar-refractivity contribution in [3.8, 4) is 5.75 Å². The van der Waals surface area contributed by atoms with E-state index in [4.69, 9.17) is 0 Å². The number of anilines is 2. The van der Waals surface area contributed by atoms with Gasteiger partial charge in [-0.05, 0) is 55.7 Å². The predicted molar refractivity (Wildman–Crippen MR) is 108 cm³/mol. The fourth-order valence-corrected chi connectivity index (χ4v) is 4.16. The maximum absolute atomic E-state index is 13.1. The van der Waals surface area contributed by atoms with Crippen LogP contribution in [0.1, 0.15) is 18.9 Å². The summed E-state index contributed by atoms with van der Waals surface area (Å²) >= 11 is 0. The lowest BCUT2D eigenvalue weighted by atomic mass is 9.96. The Labute approximate surface area is 160 Å². The number of nitrogens with zero attached hydrogens (tertiary/aromatic N) is 3. The molecule has 2 aromatic carbocycles. The summed E-state index contributed by atoms with van der Waals surface area (Å²) in [5, 5.41) is 9.44. The quantitative estimate of drug-likeness (QED) is 0.909. The molecule has 27 heavy (non-hydrogen) atoms. The van der Waals surface area contributed by atoms with Gasteiger partial charge < -0.3 is 14.9 Å². The lowest BCUT2D eigenvalue weighted by molar-refractivity contribution is -0.120. The number of aromatic hydroxyl groups is 1. The van der Waals surface area contributed by atoms with Crippen molar-refractivity contribution in [2.75, 3.05) is 42.5 Å². The van der Waals surface area contributed by atoms with Crippen LogP contribution in [0.5, 0.6) is 5.75 Å². The molecule has 1 atom stereocenters. The Morgan fingerprint density at radius 1 is 1.04 bits per heavy atom. The van der Waals surface area contributed by atoms with Gasteiger partial charge in [0.1, 0.15) is 5.75 Å². The van der Waals surface area contributed by atoms with Crippen LogP contribution in [-0.2, 0) is 11.2 Å². The van der Waals surface area contributed by atoms with Crippen LogP contribution in [0.2, 0.25) is 0 Å². The number of hydrogen-bond donors (Lipinski definition) is 1. The van der Waals surface area contributed by atoms with E-state index in [1.54, 1.807) is 12.1 Å². The van der Waals surface area contributed by atoms with Crippen LogP contribution in [0.25, 0.3) is 0 Å². The molecule has 5 heteroatoms. The number of para-hydroxylation sites is 1. The average molecular weight is 365 g/mol. The molecule has 0 unspecified atom stereocenters. The summed E-state index contributed by atoms with van der Waals surface area (Å²) in [7, 11) is 0. The largest absolute Gasteiger partial charge is 0.508 e. The van der Waals surface area contributed by atoms with Gasteiger partial charge in [0.15, 0.2) is 0 Å². The molecule has 5 nitrogen and oxygen atoms in total. The summed E-state index contributed by atoms with van der Waals surface area (Å²) < 4.78 is 0. The number of aryl methyl sites for hydroxylation is 1. The van der Waals surface area contributed by atoms with Crippen LogP contribution in [-0.4, -0.2) is 54.7 Å². The SMILES string of the molecule is C[C@@H]1CCc2ccccc2N1C(=O)CN1CCN(c2ccc(O)cc2)CC1. The molecule has 4 rings (SSSR count). The lowest BCUT2D eigenvalue weighted by Crippen LogP contribution is -2.52. The Hall–Kier alpha value is -2.53. The Morgan fingerprint density at radius 3 is 2.48 bits per heavy atom. The van der Waals surface area contributed by atoms with Gasteiger partial charge in [-0.2, -0.15) is 0 Å². The van der Waals surface area contributed by atoms with Gasteiger partial charge in [-0.1, -0.05) is 18.2 Å². The van der Waals surface area contributed by atoms with E-state index < -0.39 is 0 Å². The third-order valence-corrected chi connectivity index (χ3v) is 5.74. The van der Waals surface area contributed by atoms with E-state index in [1.165, 1.54) is 5.56 Å². The monoisotopic (exact) mass is 365 g/mol. The smallest absolute Gasteiger partial charge is 0.241 e. The van der Waals surface area contributed by atoms with Crippen molar-refractivity contribution in [2.45, 2.75) is 25.8 Å². The summed E-state index contributed by atoms with van der Waals surface area (Å²) in [4.78, 5) is 19.6. The first-order valence-electron chi connectivity index (χ1n) is 9.78. The number of carbonyl (C=O) groups is 1. The predicted octanol–water partition coefficient (Wildman–Crippen LogP) is 2.88. The summed E-state index contributed by atoms with van der Waals surface area (Å²) in [5.41, 5.74) is 3.49. The topological polar surface area (TPSA) is 47.0 Å². The van der Waals surface area contributed by atoms with Gasteiger partial charge in [-0.15, -0.1) is 0 Å². The number of amides is 1. The van der Waals surface area contributed by atoms with Gasteiger partial charge in [0.05, 0.1) is 6.54 Å². The number of piperazine rings is 1. The van der Waals surface area contributed by atoms with Gasteiger partial charge in [0.25, 0.3) is 0 Å². The highest BCUT2D eigenvalue weighted by Crippen LogP contribution is 2.30. The second-order valence-electron chi connectivity index (χ2n) is 7.56. The van der Waals surface area contributed by atoms with Crippen molar-refractivity contribution in [1.82, 2.24) is 4.90 Å². The summed E-state index contributed by atoms with van der Waals surface area (Å²) in [6, 6.07) is 15.9. The average Bonchev–Trinajstić information content (AvgIpc) is 2.69. The van der Waals surface area contributed by atoms with Gasteiger partial charge in [-0.3, -0.25) is 9.69 Å². The third-order valence-electron chi connectivity index (χ3n) is 5.74. The van der Waals surface area contributed by atoms with Crippen molar-refractivity contribution >= 4 is 17.3 Å². The molecular formula is C22H27N3O2. The van der Waals surface area contributed by atoms with Crippen LogP contribution >= 0.6 is 0 Å². The van der Waals surface area contributed by atoms with E-state index in [-0.39, 0.29) is 11.9 Å². The molecule has 1 N–H and O–H groups in total. The van der Waals surface area contributed by atoms with Crippen molar-refractivity contribution in [3.63, 3.8) is 0 Å². The molecule has 2 aromatic rings. The van der Waals surface area contributed by atoms with Crippen LogP contribution in [0.15, 0.2) is 48.5 Å². The first-order valence-corrected chi connectivity index (χ1v) is 9.78. The molecule has 0 saturated carbocycles. The summed E-state index contributed by atoms with van der Waals surface area (Å²) in [6.07, 6.45) is 2.07. The summed E-state index contributed by atoms with van der Waals surface area (Å²) in [5.74, 6) is 0.492. The molecule has 0 radical (unpaired) electrons. The molecule has 0 aromatic heterocycles. The van der Waals surface area contributed by atoms with Crippen LogP contribution in [0.3, 0.4) is 0 Å². The Kier molecular flexibility index (Phi) is 5.03. The highest BCUT2D eigenvalue weighted by molar-refractivity contribution is 5.96. The molecule has 0 aliphatic carbocycles. The Bertz CT molecular complexity index is 797. The lowest BCUT2D eigenvalue weighted by Gasteiger charge is -2.39. The first kappa shape index (κ1) is 17.9. The molecule has 2 aliphatic heterocycles. The second kappa shape index (κ2) is 7.61. The summed E-state index contributed by atoms with van der Waals surface area (Å²) in [6.45, 7) is 6.15. The number of benzene rings is 2. The fraction of sp³-hybridized carbons (Fsp3) is 0.409. The van der Waals surface area contributed by atoms with E-state index in [9.17, 15) is 9.90 Å². The highest BCUT2D eigenvalue weighted by atomic mass is 16.3. The van der Waals surface area contributed by atoms with Gasteiger partial charge >= 0.3 is 0 Å². The van der Waals surface area contributed by atoms with Crippen LogP contribution in [0, 0.1) is 0 Å². The zero-order valence-corrected chi connectivity index (χ0v) is 15.8. The molecule has 1 amide bonds. The minimum Gasteiger partial charge on any atom is -0.508 e. The molecule has 142 valence electrons. The molecular weight excluding hydrogens is 338 g/mol. The van der Waals surface area contributed by atoms with E-state index in [2.05, 4.69) is 34.9 Å². The molecule has 1 saturated heterocycles. The number of phenols is 1. The van der Waals surface area contributed by atoms with E-state index >= 15 is 0 Å². The normalized spacial score (nSPS) is 20.4. The molecule has 0 bridgehead atoms. The van der Waals surface area contributed by atoms with Crippen molar-refractivity contribution in [2.24, 2.45) is 0 Å². The zero-order chi connectivity index (χ0) is 18.8. The minimum absolute atomic E-state index is 0.202. The maximum Gasteiger partial charge on any atom is 0.241 e. The fourth-order valence-electron chi connectivity index (χ4n) is 4.16. The zero-order valence-electron chi connectivity index (χ0n) is 15.8. The van der Waals surface area contributed by atoms with Gasteiger partial charge in [0.2, 0.25) is 5.91 Å². The molecule has 0 spiro atoms. The molecule has 2 aliphatic rings. The minimum atomic E-state index is 0.202. The van der Waals surface area contributed by atoms with Crippen LogP contribution in [0.4, 0.5) is 11.4 Å². The first-order chi connectivity index (χ1) is 13.1. The van der Waals surface area contributed by atoms with Gasteiger partial charge in [0, 0.05) is 43.6 Å². The standard InChI is InChI=1S/C22H27N3O2/c1-17-6-7-18-4-2-3-5-21(18)25(17)22(27)16-23-12-14-24(15-13-23)19-8-10-20(26)11-9-19/h2-5,8-11,17,26H,6-7,12-16H2,1H3/t17-/m1/s1. The number of phenolic OH excluding ortho intramolecular Hbond substituents is 1. The molecule has 1 fully saturated rings. The van der Waals surface area contributed by atoms with Gasteiger partial charge in [-0.25, -0.2) is 0 Å².